The maximum Gasteiger partial charge on any atom is 0.259 e. The van der Waals surface area contributed by atoms with Gasteiger partial charge in [0.15, 0.2) is 0 Å². The zero-order valence-electron chi connectivity index (χ0n) is 10.1. The minimum absolute atomic E-state index is 0.358. The van der Waals surface area contributed by atoms with Crippen LogP contribution in [0.15, 0.2) is 41.0 Å². The van der Waals surface area contributed by atoms with E-state index in [1.54, 1.807) is 25.4 Å². The number of carbonyl (C=O) groups is 1. The summed E-state index contributed by atoms with van der Waals surface area (Å²) in [6, 6.07) is 7.36. The second-order valence-electron chi connectivity index (χ2n) is 3.76. The standard InChI is InChI=1S/C13H11BrFN3O/c1-16-12-11(5-8(14)7-17-12)13(19)18-10-4-2-3-9(15)6-10/h2-7H,1H3,(H,16,17)(H,18,19). The molecule has 1 heterocycles. The number of hydrogen-bond donors (Lipinski definition) is 2. The summed E-state index contributed by atoms with van der Waals surface area (Å²) in [5.74, 6) is -0.306. The number of amides is 1. The molecule has 0 spiro atoms. The van der Waals surface area contributed by atoms with Crippen molar-refractivity contribution in [3.63, 3.8) is 0 Å². The van der Waals surface area contributed by atoms with Gasteiger partial charge in [0, 0.05) is 23.4 Å². The second kappa shape index (κ2) is 5.79. The molecule has 0 bridgehead atoms. The molecule has 0 aliphatic rings. The van der Waals surface area contributed by atoms with Crippen LogP contribution in [0.25, 0.3) is 0 Å². The molecule has 0 unspecified atom stereocenters. The van der Waals surface area contributed by atoms with E-state index in [0.717, 1.165) is 0 Å². The average molecular weight is 324 g/mol. The van der Waals surface area contributed by atoms with Gasteiger partial charge in [-0.25, -0.2) is 9.37 Å². The molecule has 2 rings (SSSR count). The third-order valence-electron chi connectivity index (χ3n) is 2.42. The summed E-state index contributed by atoms with van der Waals surface area (Å²) in [7, 11) is 1.68. The van der Waals surface area contributed by atoms with Crippen molar-refractivity contribution in [3.8, 4) is 0 Å². The minimum Gasteiger partial charge on any atom is -0.372 e. The van der Waals surface area contributed by atoms with Gasteiger partial charge in [-0.2, -0.15) is 0 Å². The summed E-state index contributed by atoms with van der Waals surface area (Å²) in [6.07, 6.45) is 1.59. The molecule has 0 aliphatic carbocycles. The molecule has 0 fully saturated rings. The van der Waals surface area contributed by atoms with E-state index in [0.29, 0.717) is 21.5 Å². The number of pyridine rings is 1. The lowest BCUT2D eigenvalue weighted by Crippen LogP contribution is -2.15. The molecular formula is C13H11BrFN3O. The second-order valence-corrected chi connectivity index (χ2v) is 4.68. The highest BCUT2D eigenvalue weighted by Crippen LogP contribution is 2.19. The van der Waals surface area contributed by atoms with Crippen LogP contribution in [0.4, 0.5) is 15.9 Å². The Balaban J connectivity index is 2.27. The van der Waals surface area contributed by atoms with Crippen LogP contribution in [0.2, 0.25) is 0 Å². The van der Waals surface area contributed by atoms with Crippen molar-refractivity contribution in [1.29, 1.82) is 0 Å². The van der Waals surface area contributed by atoms with Crippen molar-refractivity contribution in [2.24, 2.45) is 0 Å². The van der Waals surface area contributed by atoms with Crippen LogP contribution in [0.3, 0.4) is 0 Å². The van der Waals surface area contributed by atoms with Gasteiger partial charge >= 0.3 is 0 Å². The molecule has 2 aromatic rings. The highest BCUT2D eigenvalue weighted by atomic mass is 79.9. The first-order chi connectivity index (χ1) is 9.10. The van der Waals surface area contributed by atoms with E-state index in [9.17, 15) is 9.18 Å². The molecule has 19 heavy (non-hydrogen) atoms. The lowest BCUT2D eigenvalue weighted by atomic mass is 10.2. The molecule has 0 aliphatic heterocycles. The minimum atomic E-state index is -0.404. The molecule has 0 atom stereocenters. The Kier molecular flexibility index (Phi) is 4.11. The zero-order valence-corrected chi connectivity index (χ0v) is 11.7. The molecule has 0 saturated heterocycles. The normalized spacial score (nSPS) is 10.1. The Bertz CT molecular complexity index is 619. The van der Waals surface area contributed by atoms with Crippen molar-refractivity contribution in [2.75, 3.05) is 17.7 Å². The van der Waals surface area contributed by atoms with Gasteiger partial charge < -0.3 is 10.6 Å². The molecule has 98 valence electrons. The van der Waals surface area contributed by atoms with Gasteiger partial charge in [0.05, 0.1) is 5.56 Å². The lowest BCUT2D eigenvalue weighted by Gasteiger charge is -2.09. The molecule has 0 saturated carbocycles. The van der Waals surface area contributed by atoms with Crippen LogP contribution in [-0.4, -0.2) is 17.9 Å². The fourth-order valence-corrected chi connectivity index (χ4v) is 1.91. The largest absolute Gasteiger partial charge is 0.372 e. The number of hydrogen-bond acceptors (Lipinski definition) is 3. The smallest absolute Gasteiger partial charge is 0.259 e. The quantitative estimate of drug-likeness (QED) is 0.911. The summed E-state index contributed by atoms with van der Waals surface area (Å²) in [4.78, 5) is 16.2. The number of benzene rings is 1. The van der Waals surface area contributed by atoms with E-state index < -0.39 is 5.82 Å². The highest BCUT2D eigenvalue weighted by Gasteiger charge is 2.13. The number of nitrogens with zero attached hydrogens (tertiary/aromatic N) is 1. The van der Waals surface area contributed by atoms with Gasteiger partial charge in [0.1, 0.15) is 11.6 Å². The average Bonchev–Trinajstić information content (AvgIpc) is 2.38. The maximum atomic E-state index is 13.0. The molecule has 1 amide bonds. The molecule has 0 radical (unpaired) electrons. The predicted molar refractivity (Wildman–Crippen MR) is 75.8 cm³/mol. The van der Waals surface area contributed by atoms with Gasteiger partial charge in [-0.3, -0.25) is 4.79 Å². The van der Waals surface area contributed by atoms with Gasteiger partial charge in [-0.15, -0.1) is 0 Å². The Morgan fingerprint density at radius 3 is 2.84 bits per heavy atom. The van der Waals surface area contributed by atoms with E-state index >= 15 is 0 Å². The van der Waals surface area contributed by atoms with E-state index in [-0.39, 0.29) is 5.91 Å². The van der Waals surface area contributed by atoms with Crippen molar-refractivity contribution in [1.82, 2.24) is 4.98 Å². The van der Waals surface area contributed by atoms with E-state index in [1.165, 1.54) is 18.2 Å². The third kappa shape index (κ3) is 3.29. The molecule has 1 aromatic heterocycles. The van der Waals surface area contributed by atoms with E-state index in [2.05, 4.69) is 31.5 Å². The Morgan fingerprint density at radius 2 is 2.16 bits per heavy atom. The fraction of sp³-hybridized carbons (Fsp3) is 0.0769. The summed E-state index contributed by atoms with van der Waals surface area (Å²) < 4.78 is 13.7. The Labute approximate surface area is 118 Å². The Morgan fingerprint density at radius 1 is 1.37 bits per heavy atom. The number of anilines is 2. The van der Waals surface area contributed by atoms with E-state index in [4.69, 9.17) is 0 Å². The van der Waals surface area contributed by atoms with Crippen molar-refractivity contribution < 1.29 is 9.18 Å². The van der Waals surface area contributed by atoms with Crippen LogP contribution in [0.5, 0.6) is 0 Å². The van der Waals surface area contributed by atoms with Crippen LogP contribution < -0.4 is 10.6 Å². The number of aromatic nitrogens is 1. The molecule has 1 aromatic carbocycles. The predicted octanol–water partition coefficient (Wildman–Crippen LogP) is 3.28. The first-order valence-electron chi connectivity index (χ1n) is 5.50. The molecular weight excluding hydrogens is 313 g/mol. The monoisotopic (exact) mass is 323 g/mol. The number of nitrogens with one attached hydrogen (secondary N) is 2. The molecule has 6 heteroatoms. The fourth-order valence-electron chi connectivity index (χ4n) is 1.58. The lowest BCUT2D eigenvalue weighted by molar-refractivity contribution is 0.102. The number of halogens is 2. The van der Waals surface area contributed by atoms with Gasteiger partial charge in [0.25, 0.3) is 5.91 Å². The SMILES string of the molecule is CNc1ncc(Br)cc1C(=O)Nc1cccc(F)c1. The van der Waals surface area contributed by atoms with Crippen LogP contribution in [0, 0.1) is 5.82 Å². The van der Waals surface area contributed by atoms with Crippen LogP contribution in [0.1, 0.15) is 10.4 Å². The summed E-state index contributed by atoms with van der Waals surface area (Å²) in [5.41, 5.74) is 0.771. The Hall–Kier alpha value is -1.95. The highest BCUT2D eigenvalue weighted by molar-refractivity contribution is 9.10. The summed E-state index contributed by atoms with van der Waals surface area (Å²) in [6.45, 7) is 0. The van der Waals surface area contributed by atoms with Crippen molar-refractivity contribution in [3.05, 3.63) is 52.4 Å². The summed E-state index contributed by atoms with van der Waals surface area (Å²) in [5, 5.41) is 5.46. The molecule has 2 N–H and O–H groups in total. The number of rotatable bonds is 3. The van der Waals surface area contributed by atoms with Gasteiger partial charge in [-0.1, -0.05) is 6.07 Å². The number of carbonyl (C=O) groups excluding carboxylic acids is 1. The maximum absolute atomic E-state index is 13.0. The first-order valence-corrected chi connectivity index (χ1v) is 6.29. The van der Waals surface area contributed by atoms with Gasteiger partial charge in [-0.05, 0) is 40.2 Å². The summed E-state index contributed by atoms with van der Waals surface area (Å²) >= 11 is 3.26. The van der Waals surface area contributed by atoms with Crippen molar-refractivity contribution in [2.45, 2.75) is 0 Å². The van der Waals surface area contributed by atoms with Gasteiger partial charge in [0.2, 0.25) is 0 Å². The van der Waals surface area contributed by atoms with Crippen molar-refractivity contribution >= 4 is 33.3 Å². The zero-order chi connectivity index (χ0) is 13.8. The third-order valence-corrected chi connectivity index (χ3v) is 2.85. The molecule has 4 nitrogen and oxygen atoms in total. The van der Waals surface area contributed by atoms with E-state index in [1.807, 2.05) is 0 Å². The van der Waals surface area contributed by atoms with Crippen LogP contribution >= 0.6 is 15.9 Å². The first kappa shape index (κ1) is 13.5. The van der Waals surface area contributed by atoms with Crippen LogP contribution in [-0.2, 0) is 0 Å². The topological polar surface area (TPSA) is 54.0 Å².